The molecule has 0 radical (unpaired) electrons. The molecular formula is C53H71KN3O7S+. The molecule has 0 aromatic heterocycles. The molecule has 346 valence electrons. The zero-order valence-corrected chi connectivity index (χ0v) is 44.2. The van der Waals surface area contributed by atoms with Crippen LogP contribution in [0.2, 0.25) is 0 Å². The standard InChI is InChI=1S/C51H63N3O7S.2CH4.K/c1-36-24-28-43-41(34-36)50(2,3)45(53(43)32-15-9-13-22-47(55)60-6)30-25-37-18-17-19-38(49(37)52-39-20-11-8-12-21-39)26-31-46-51(4,5)42-35-40(62(57,58)59)27-29-44(42)54(46)33-16-10-14-23-48(56)61-7;;;/h8,11-12,20-21,24-31,34-35H,9-10,13-19,22-23,32-33H2,1-7H3,(H,57,58,59);2*1H4;/q;;;+1/i;1D2;1D;. The van der Waals surface area contributed by atoms with E-state index in [1.165, 1.54) is 61.8 Å². The van der Waals surface area contributed by atoms with Gasteiger partial charge in [-0.2, -0.15) is 4.58 Å². The van der Waals surface area contributed by atoms with Crippen LogP contribution in [-0.4, -0.2) is 62.5 Å². The van der Waals surface area contributed by atoms with Gasteiger partial charge in [-0.15, -0.1) is 0 Å². The number of para-hydroxylation sites is 1. The fraction of sp³-hybridized carbons (Fsp3) is 0.453. The summed E-state index contributed by atoms with van der Waals surface area (Å²) < 4.78 is 66.0. The molecule has 3 aromatic rings. The van der Waals surface area contributed by atoms with Crippen molar-refractivity contribution in [2.24, 2.45) is 0 Å². The van der Waals surface area contributed by atoms with Gasteiger partial charge in [-0.05, 0) is 119 Å². The summed E-state index contributed by atoms with van der Waals surface area (Å²) in [6.45, 7) is 12.4. The number of unbranched alkanes of at least 4 members (excludes halogenated alkanes) is 4. The van der Waals surface area contributed by atoms with Crippen LogP contribution >= 0.6 is 0 Å². The fourth-order valence-corrected chi connectivity index (χ4v) is 9.66. The maximum absolute atomic E-state index is 12.2. The van der Waals surface area contributed by atoms with E-state index >= 15 is 0 Å². The van der Waals surface area contributed by atoms with Crippen molar-refractivity contribution >= 4 is 44.8 Å². The number of hydrogen-bond acceptors (Lipinski definition) is 9. The van der Waals surface area contributed by atoms with Crippen LogP contribution in [0, 0.1) is 6.92 Å². The van der Waals surface area contributed by atoms with E-state index in [9.17, 15) is 22.6 Å². The van der Waals surface area contributed by atoms with Crippen LogP contribution in [-0.2, 0) is 40.0 Å². The third-order valence-electron chi connectivity index (χ3n) is 12.6. The van der Waals surface area contributed by atoms with E-state index in [-0.39, 0.29) is 81.0 Å². The Bertz CT molecular complexity index is 2470. The predicted octanol–water partition coefficient (Wildman–Crippen LogP) is 8.73. The molecule has 6 rings (SSSR count). The summed E-state index contributed by atoms with van der Waals surface area (Å²) >= 11 is 0. The molecule has 0 atom stereocenters. The van der Waals surface area contributed by atoms with Crippen molar-refractivity contribution in [2.45, 2.75) is 136 Å². The zero-order valence-electron chi connectivity index (χ0n) is 43.2. The Labute approximate surface area is 436 Å². The first kappa shape index (κ1) is 50.8. The molecule has 0 saturated heterocycles. The molecule has 3 aliphatic rings. The van der Waals surface area contributed by atoms with E-state index < -0.39 is 15.5 Å². The number of carbonyl (C=O) groups excluding carboxylic acids is 2. The molecule has 0 bridgehead atoms. The number of nitrogens with one attached hydrogen (secondary N) is 1. The third kappa shape index (κ3) is 13.3. The molecule has 65 heavy (non-hydrogen) atoms. The van der Waals surface area contributed by atoms with Crippen molar-refractivity contribution in [3.8, 4) is 0 Å². The van der Waals surface area contributed by atoms with Crippen LogP contribution < -0.4 is 61.6 Å². The first-order valence-corrected chi connectivity index (χ1v) is 23.4. The molecule has 12 heteroatoms. The van der Waals surface area contributed by atoms with Crippen LogP contribution in [0.25, 0.3) is 0 Å². The van der Waals surface area contributed by atoms with Gasteiger partial charge >= 0.3 is 63.3 Å². The van der Waals surface area contributed by atoms with Gasteiger partial charge in [0.15, 0.2) is 5.71 Å². The van der Waals surface area contributed by atoms with Gasteiger partial charge in [0.25, 0.3) is 0 Å². The molecule has 2 heterocycles. The number of allylic oxidation sites excluding steroid dienone is 7. The van der Waals surface area contributed by atoms with Crippen LogP contribution in [0.15, 0.2) is 118 Å². The van der Waals surface area contributed by atoms with E-state index in [0.717, 1.165) is 91.8 Å². The normalized spacial score (nSPS) is 17.7. The molecule has 0 unspecified atom stereocenters. The minimum absolute atomic E-state index is 0. The summed E-state index contributed by atoms with van der Waals surface area (Å²) in [5.41, 5.74) is 11.3. The summed E-state index contributed by atoms with van der Waals surface area (Å²) in [6.07, 6.45) is 17.5. The second-order valence-corrected chi connectivity index (χ2v) is 19.1. The summed E-state index contributed by atoms with van der Waals surface area (Å²) in [7, 11) is -0.812. The number of rotatable bonds is 18. The molecule has 0 fully saturated rings. The summed E-state index contributed by atoms with van der Waals surface area (Å²) in [5, 5.41) is 3.80. The monoisotopic (exact) mass is 935 g/mol. The minimum atomic E-state index is -4.65. The quantitative estimate of drug-likeness (QED) is 0.0438. The van der Waals surface area contributed by atoms with Crippen molar-refractivity contribution < 1.29 is 92.1 Å². The average Bonchev–Trinajstić information content (AvgIpc) is 3.65. The Morgan fingerprint density at radius 2 is 1.52 bits per heavy atom. The van der Waals surface area contributed by atoms with Gasteiger partial charge in [0.05, 0.1) is 24.5 Å². The molecule has 0 spiro atoms. The van der Waals surface area contributed by atoms with E-state index in [1.807, 2.05) is 18.2 Å². The average molecular weight is 936 g/mol. The molecule has 1 N–H and O–H groups in total. The van der Waals surface area contributed by atoms with E-state index in [1.54, 1.807) is 6.07 Å². The number of nitrogens with zero attached hydrogens (tertiary/aromatic N) is 2. The van der Waals surface area contributed by atoms with E-state index in [4.69, 9.17) is 13.6 Å². The number of aryl methyl sites for hydroxylation is 1. The molecule has 2 aliphatic heterocycles. The number of esters is 2. The maximum Gasteiger partial charge on any atom is 1.00 e. The number of anilines is 2. The second kappa shape index (κ2) is 24.4. The Balaban J connectivity index is 0.00000196. The van der Waals surface area contributed by atoms with Crippen LogP contribution in [0.1, 0.15) is 134 Å². The van der Waals surface area contributed by atoms with Crippen LogP contribution in [0.4, 0.5) is 17.1 Å². The van der Waals surface area contributed by atoms with Gasteiger partial charge in [0.1, 0.15) is 16.7 Å². The van der Waals surface area contributed by atoms with Gasteiger partial charge in [-0.25, -0.2) is 8.42 Å². The van der Waals surface area contributed by atoms with Gasteiger partial charge < -0.3 is 24.2 Å². The smallest absolute Gasteiger partial charge is 0.744 e. The van der Waals surface area contributed by atoms with E-state index in [0.29, 0.717) is 25.8 Å². The Morgan fingerprint density at radius 3 is 2.17 bits per heavy atom. The first-order valence-electron chi connectivity index (χ1n) is 24.4. The van der Waals surface area contributed by atoms with Crippen molar-refractivity contribution in [1.82, 2.24) is 0 Å². The van der Waals surface area contributed by atoms with Crippen LogP contribution in [0.5, 0.6) is 0 Å². The molecule has 1 aliphatic carbocycles. The number of methoxy groups -OCH3 is 2. The minimum Gasteiger partial charge on any atom is -0.744 e. The number of carbonyl (C=O) groups is 2. The molecular weight excluding hydrogens is 862 g/mol. The Hall–Kier alpha value is -3.62. The first-order chi connectivity index (χ1) is 32.0. The second-order valence-electron chi connectivity index (χ2n) is 17.7. The van der Waals surface area contributed by atoms with Crippen molar-refractivity contribution in [2.75, 3.05) is 37.5 Å². The number of benzene rings is 3. The molecule has 0 amide bonds. The third-order valence-corrected chi connectivity index (χ3v) is 13.5. The van der Waals surface area contributed by atoms with Crippen molar-refractivity contribution in [3.63, 3.8) is 0 Å². The Kier molecular flexibility index (Phi) is 19.1. The van der Waals surface area contributed by atoms with Gasteiger partial charge in [-0.3, -0.25) is 9.59 Å². The number of fused-ring (bicyclic) bond motifs is 2. The van der Waals surface area contributed by atoms with Gasteiger partial charge in [-0.1, -0.05) is 83.1 Å². The molecule has 3 aromatic carbocycles. The van der Waals surface area contributed by atoms with Gasteiger partial charge in [0, 0.05) is 75.8 Å². The van der Waals surface area contributed by atoms with Crippen LogP contribution in [0.3, 0.4) is 0 Å². The largest absolute Gasteiger partial charge is 1.00 e. The van der Waals surface area contributed by atoms with Crippen molar-refractivity contribution in [3.05, 3.63) is 130 Å². The predicted molar refractivity (Wildman–Crippen MR) is 259 cm³/mol. The SMILES string of the molecule is COC(=O)CCCCCN1C(=CC=C2CCCC(C=CC3=[N+](CCCCCC(=O)OC)c4ccc(S(=O)(=O)[O-])cc4C3(C)C)=C2Nc2ccccc2)C(C)(C)c2cc(C)ccc21.[2H]C.[2H]C[2H].[K+]. The summed E-state index contributed by atoms with van der Waals surface area (Å²) in [6, 6.07) is 21.7. The summed E-state index contributed by atoms with van der Waals surface area (Å²) in [4.78, 5) is 25.8. The molecule has 10 nitrogen and oxygen atoms in total. The number of hydrogen-bond donors (Lipinski definition) is 1. The number of ether oxygens (including phenoxy) is 2. The zero-order chi connectivity index (χ0) is 49.4. The topological polar surface area (TPSA) is 128 Å². The summed E-state index contributed by atoms with van der Waals surface area (Å²) in [5.74, 6) is -0.392. The molecule has 0 saturated carbocycles. The fourth-order valence-electron chi connectivity index (χ4n) is 9.16. The van der Waals surface area contributed by atoms with Crippen molar-refractivity contribution in [1.29, 1.82) is 0 Å². The van der Waals surface area contributed by atoms with E-state index in [2.05, 4.69) is 104 Å². The van der Waals surface area contributed by atoms with Gasteiger partial charge in [0.2, 0.25) is 5.69 Å². The maximum atomic E-state index is 12.2. The Morgan fingerprint density at radius 1 is 0.862 bits per heavy atom.